The second-order valence-corrected chi connectivity index (χ2v) is 5.52. The van der Waals surface area contributed by atoms with Crippen LogP contribution in [-0.2, 0) is 11.3 Å². The average Bonchev–Trinajstić information content (AvgIpc) is 2.53. The van der Waals surface area contributed by atoms with Crippen molar-refractivity contribution in [3.05, 3.63) is 22.4 Å². The van der Waals surface area contributed by atoms with Gasteiger partial charge in [0, 0.05) is 17.3 Å². The summed E-state index contributed by atoms with van der Waals surface area (Å²) in [5, 5.41) is 2.03. The zero-order valence-electron chi connectivity index (χ0n) is 9.20. The Labute approximate surface area is 89.5 Å². The van der Waals surface area contributed by atoms with Crippen LogP contribution in [0.2, 0.25) is 0 Å². The van der Waals surface area contributed by atoms with Crippen LogP contribution in [0.3, 0.4) is 0 Å². The number of hydrogen-bond donors (Lipinski definition) is 0. The van der Waals surface area contributed by atoms with Gasteiger partial charge >= 0.3 is 0 Å². The van der Waals surface area contributed by atoms with Crippen molar-refractivity contribution < 1.29 is 4.79 Å². The van der Waals surface area contributed by atoms with Gasteiger partial charge in [-0.05, 0) is 11.4 Å². The second-order valence-electron chi connectivity index (χ2n) is 4.49. The highest BCUT2D eigenvalue weighted by molar-refractivity contribution is 7.09. The Morgan fingerprint density at radius 2 is 2.14 bits per heavy atom. The summed E-state index contributed by atoms with van der Waals surface area (Å²) in [6.07, 6.45) is 0. The van der Waals surface area contributed by atoms with Gasteiger partial charge in [-0.1, -0.05) is 26.8 Å². The van der Waals surface area contributed by atoms with Gasteiger partial charge < -0.3 is 4.90 Å². The molecule has 0 spiro atoms. The first-order chi connectivity index (χ1) is 6.41. The van der Waals surface area contributed by atoms with Crippen LogP contribution in [0.4, 0.5) is 0 Å². The van der Waals surface area contributed by atoms with Gasteiger partial charge in [0.2, 0.25) is 5.91 Å². The van der Waals surface area contributed by atoms with Crippen LogP contribution < -0.4 is 0 Å². The maximum absolute atomic E-state index is 11.8. The number of amides is 1. The van der Waals surface area contributed by atoms with E-state index in [0.717, 1.165) is 0 Å². The molecule has 0 saturated heterocycles. The molecule has 1 aromatic heterocycles. The molecule has 0 N–H and O–H groups in total. The molecule has 0 fully saturated rings. The molecular weight excluding hydrogens is 194 g/mol. The van der Waals surface area contributed by atoms with E-state index in [-0.39, 0.29) is 11.3 Å². The van der Waals surface area contributed by atoms with Crippen molar-refractivity contribution in [2.45, 2.75) is 27.3 Å². The lowest BCUT2D eigenvalue weighted by Gasteiger charge is -2.25. The molecule has 0 atom stereocenters. The molecule has 1 rings (SSSR count). The number of thiophene rings is 1. The number of rotatable bonds is 2. The fourth-order valence-corrected chi connectivity index (χ4v) is 2.04. The monoisotopic (exact) mass is 211 g/mol. The van der Waals surface area contributed by atoms with Gasteiger partial charge in [-0.15, -0.1) is 11.3 Å². The number of carbonyl (C=O) groups excluding carboxylic acids is 1. The van der Waals surface area contributed by atoms with Crippen LogP contribution in [0, 0.1) is 5.41 Å². The Kier molecular flexibility index (Phi) is 3.32. The molecule has 3 heteroatoms. The predicted molar refractivity (Wildman–Crippen MR) is 60.2 cm³/mol. The van der Waals surface area contributed by atoms with Gasteiger partial charge in [0.05, 0.1) is 6.54 Å². The van der Waals surface area contributed by atoms with Crippen molar-refractivity contribution in [2.24, 2.45) is 5.41 Å². The lowest BCUT2D eigenvalue weighted by molar-refractivity contribution is -0.138. The molecule has 1 heterocycles. The van der Waals surface area contributed by atoms with Crippen molar-refractivity contribution in [3.63, 3.8) is 0 Å². The first kappa shape index (κ1) is 11.2. The van der Waals surface area contributed by atoms with E-state index in [0.29, 0.717) is 6.54 Å². The first-order valence-corrected chi connectivity index (χ1v) is 5.57. The van der Waals surface area contributed by atoms with Crippen LogP contribution >= 0.6 is 11.3 Å². The van der Waals surface area contributed by atoms with Crippen LogP contribution in [0.1, 0.15) is 25.6 Å². The average molecular weight is 211 g/mol. The second kappa shape index (κ2) is 4.13. The fourth-order valence-electron chi connectivity index (χ4n) is 1.28. The largest absolute Gasteiger partial charge is 0.340 e. The minimum absolute atomic E-state index is 0.186. The van der Waals surface area contributed by atoms with Crippen LogP contribution in [-0.4, -0.2) is 17.9 Å². The molecule has 0 aromatic carbocycles. The van der Waals surface area contributed by atoms with Gasteiger partial charge in [0.1, 0.15) is 0 Å². The molecule has 14 heavy (non-hydrogen) atoms. The van der Waals surface area contributed by atoms with Crippen molar-refractivity contribution >= 4 is 17.2 Å². The molecule has 0 radical (unpaired) electrons. The third-order valence-corrected chi connectivity index (χ3v) is 2.82. The normalized spacial score (nSPS) is 11.4. The van der Waals surface area contributed by atoms with E-state index in [1.54, 1.807) is 16.2 Å². The van der Waals surface area contributed by atoms with Crippen LogP contribution in [0.25, 0.3) is 0 Å². The van der Waals surface area contributed by atoms with E-state index in [2.05, 4.69) is 6.07 Å². The van der Waals surface area contributed by atoms with Crippen molar-refractivity contribution in [1.29, 1.82) is 0 Å². The van der Waals surface area contributed by atoms with Gasteiger partial charge in [0.25, 0.3) is 0 Å². The molecule has 0 saturated carbocycles. The molecule has 0 bridgehead atoms. The molecular formula is C11H17NOS. The van der Waals surface area contributed by atoms with Gasteiger partial charge in [-0.25, -0.2) is 0 Å². The van der Waals surface area contributed by atoms with Crippen molar-refractivity contribution in [2.75, 3.05) is 7.05 Å². The number of nitrogens with zero attached hydrogens (tertiary/aromatic N) is 1. The summed E-state index contributed by atoms with van der Waals surface area (Å²) in [4.78, 5) is 14.8. The van der Waals surface area contributed by atoms with Gasteiger partial charge in [-0.3, -0.25) is 4.79 Å². The highest BCUT2D eigenvalue weighted by Crippen LogP contribution is 2.19. The summed E-state index contributed by atoms with van der Waals surface area (Å²) < 4.78 is 0. The molecule has 2 nitrogen and oxygen atoms in total. The minimum Gasteiger partial charge on any atom is -0.340 e. The third-order valence-electron chi connectivity index (χ3n) is 1.96. The van der Waals surface area contributed by atoms with E-state index >= 15 is 0 Å². The van der Waals surface area contributed by atoms with E-state index in [4.69, 9.17) is 0 Å². The van der Waals surface area contributed by atoms with Gasteiger partial charge in [0.15, 0.2) is 0 Å². The number of carbonyl (C=O) groups is 1. The smallest absolute Gasteiger partial charge is 0.228 e. The Bertz CT molecular complexity index is 298. The van der Waals surface area contributed by atoms with E-state index in [9.17, 15) is 4.79 Å². The molecule has 0 unspecified atom stereocenters. The molecule has 0 aliphatic carbocycles. The highest BCUT2D eigenvalue weighted by Gasteiger charge is 2.24. The Morgan fingerprint density at radius 3 is 2.57 bits per heavy atom. The van der Waals surface area contributed by atoms with E-state index in [1.165, 1.54) is 4.88 Å². The van der Waals surface area contributed by atoms with Crippen LogP contribution in [0.15, 0.2) is 17.5 Å². The number of hydrogen-bond acceptors (Lipinski definition) is 2. The predicted octanol–water partition coefficient (Wildman–Crippen LogP) is 2.75. The molecule has 0 aliphatic rings. The summed E-state index contributed by atoms with van der Waals surface area (Å²) in [6, 6.07) is 4.06. The Balaban J connectivity index is 2.59. The first-order valence-electron chi connectivity index (χ1n) is 4.69. The topological polar surface area (TPSA) is 20.3 Å². The standard InChI is InChI=1S/C11H17NOS/c1-11(2,3)10(13)12(4)8-9-6-5-7-14-9/h5-7H,8H2,1-4H3. The SMILES string of the molecule is CN(Cc1cccs1)C(=O)C(C)(C)C. The maximum atomic E-state index is 11.8. The quantitative estimate of drug-likeness (QED) is 0.736. The lowest BCUT2D eigenvalue weighted by Crippen LogP contribution is -2.35. The Hall–Kier alpha value is -0.830. The molecule has 1 aromatic rings. The summed E-state index contributed by atoms with van der Waals surface area (Å²) in [5.74, 6) is 0.186. The van der Waals surface area contributed by atoms with Crippen molar-refractivity contribution in [1.82, 2.24) is 4.90 Å². The third kappa shape index (κ3) is 2.84. The zero-order valence-corrected chi connectivity index (χ0v) is 10.0. The maximum Gasteiger partial charge on any atom is 0.228 e. The molecule has 1 amide bonds. The van der Waals surface area contributed by atoms with E-state index < -0.39 is 0 Å². The van der Waals surface area contributed by atoms with E-state index in [1.807, 2.05) is 39.3 Å². The summed E-state index contributed by atoms with van der Waals surface area (Å²) in [6.45, 7) is 6.55. The minimum atomic E-state index is -0.286. The summed E-state index contributed by atoms with van der Waals surface area (Å²) >= 11 is 1.69. The van der Waals surface area contributed by atoms with Crippen LogP contribution in [0.5, 0.6) is 0 Å². The zero-order chi connectivity index (χ0) is 10.8. The van der Waals surface area contributed by atoms with Gasteiger partial charge in [-0.2, -0.15) is 0 Å². The highest BCUT2D eigenvalue weighted by atomic mass is 32.1. The fraction of sp³-hybridized carbons (Fsp3) is 0.545. The lowest BCUT2D eigenvalue weighted by atomic mass is 9.95. The molecule has 78 valence electrons. The summed E-state index contributed by atoms with van der Waals surface area (Å²) in [5.41, 5.74) is -0.286. The summed E-state index contributed by atoms with van der Waals surface area (Å²) in [7, 11) is 1.85. The Morgan fingerprint density at radius 1 is 1.50 bits per heavy atom. The van der Waals surface area contributed by atoms with Crippen molar-refractivity contribution in [3.8, 4) is 0 Å². The molecule has 0 aliphatic heterocycles.